The van der Waals surface area contributed by atoms with Gasteiger partial charge in [-0.05, 0) is 46.0 Å². The van der Waals surface area contributed by atoms with Crippen LogP contribution in [0.4, 0.5) is 0 Å². The second-order valence-corrected chi connectivity index (χ2v) is 9.08. The van der Waals surface area contributed by atoms with Crippen LogP contribution >= 0.6 is 0 Å². The maximum absolute atomic E-state index is 12.3. The highest BCUT2D eigenvalue weighted by Gasteiger charge is 2.29. The molecular weight excluding hydrogens is 320 g/mol. The van der Waals surface area contributed by atoms with Gasteiger partial charge in [0.1, 0.15) is 0 Å². The fourth-order valence-electron chi connectivity index (χ4n) is 3.13. The minimum Gasteiger partial charge on any atom is -0.454 e. The minimum absolute atomic E-state index is 0.0806. The van der Waals surface area contributed by atoms with Crippen LogP contribution in [0.3, 0.4) is 0 Å². The molecule has 1 radical (unpaired) electrons. The van der Waals surface area contributed by atoms with Crippen molar-refractivity contribution in [2.75, 3.05) is 0 Å². The van der Waals surface area contributed by atoms with E-state index in [1.165, 1.54) is 70.6 Å². The van der Waals surface area contributed by atoms with Crippen LogP contribution in [0.5, 0.6) is 0 Å². The van der Waals surface area contributed by atoms with Crippen molar-refractivity contribution in [3.8, 4) is 0 Å². The van der Waals surface area contributed by atoms with Gasteiger partial charge in [0.2, 0.25) is 0 Å². The molecular formula is C24H47O2. The Morgan fingerprint density at radius 1 is 0.769 bits per heavy atom. The molecule has 1 unspecified atom stereocenters. The van der Waals surface area contributed by atoms with Gasteiger partial charge in [-0.3, -0.25) is 4.79 Å². The summed E-state index contributed by atoms with van der Waals surface area (Å²) < 4.78 is 5.83. The fourth-order valence-corrected chi connectivity index (χ4v) is 3.13. The number of carbonyl (C=O) groups excluding carboxylic acids is 1. The normalized spacial score (nSPS) is 13.2. The first-order chi connectivity index (χ1) is 12.3. The van der Waals surface area contributed by atoms with E-state index < -0.39 is 5.41 Å². The zero-order valence-corrected chi connectivity index (χ0v) is 18.8. The lowest BCUT2D eigenvalue weighted by atomic mass is 9.92. The van der Waals surface area contributed by atoms with Crippen molar-refractivity contribution in [1.29, 1.82) is 0 Å². The van der Waals surface area contributed by atoms with Gasteiger partial charge in [0.25, 0.3) is 0 Å². The van der Waals surface area contributed by atoms with Gasteiger partial charge in [0.05, 0.1) is 5.41 Å². The van der Waals surface area contributed by atoms with Crippen LogP contribution in [0, 0.1) is 17.4 Å². The van der Waals surface area contributed by atoms with E-state index in [4.69, 9.17) is 4.74 Å². The molecule has 0 rings (SSSR count). The number of hydrogen-bond acceptors (Lipinski definition) is 2. The lowest BCUT2D eigenvalue weighted by Gasteiger charge is -2.26. The third kappa shape index (κ3) is 13.6. The van der Waals surface area contributed by atoms with Gasteiger partial charge in [-0.15, -0.1) is 0 Å². The lowest BCUT2D eigenvalue weighted by Crippen LogP contribution is -2.27. The van der Waals surface area contributed by atoms with E-state index in [9.17, 15) is 4.79 Å². The zero-order valence-electron chi connectivity index (χ0n) is 18.8. The molecule has 0 fully saturated rings. The van der Waals surface area contributed by atoms with Gasteiger partial charge in [-0.2, -0.15) is 0 Å². The molecule has 1 atom stereocenters. The summed E-state index contributed by atoms with van der Waals surface area (Å²) in [5.74, 6) is 0.308. The second kappa shape index (κ2) is 15.5. The van der Waals surface area contributed by atoms with Crippen LogP contribution in [0.2, 0.25) is 0 Å². The average Bonchev–Trinajstić information content (AvgIpc) is 2.59. The number of ether oxygens (including phenoxy) is 1. The molecule has 0 aromatic carbocycles. The average molecular weight is 368 g/mol. The van der Waals surface area contributed by atoms with Crippen LogP contribution in [-0.2, 0) is 9.53 Å². The molecule has 0 N–H and O–H groups in total. The molecule has 0 aromatic rings. The molecule has 0 saturated heterocycles. The predicted octanol–water partition coefficient (Wildman–Crippen LogP) is 8.24. The van der Waals surface area contributed by atoms with Crippen molar-refractivity contribution in [1.82, 2.24) is 0 Å². The molecule has 0 aromatic heterocycles. The minimum atomic E-state index is -0.423. The van der Waals surface area contributed by atoms with Gasteiger partial charge >= 0.3 is 5.97 Å². The Hall–Kier alpha value is -0.530. The Morgan fingerprint density at radius 3 is 1.69 bits per heavy atom. The number of hydrogen-bond donors (Lipinski definition) is 0. The number of esters is 1. The van der Waals surface area contributed by atoms with Gasteiger partial charge in [0.15, 0.2) is 6.10 Å². The fraction of sp³-hybridized carbons (Fsp3) is 0.917. The summed E-state index contributed by atoms with van der Waals surface area (Å²) >= 11 is 0. The van der Waals surface area contributed by atoms with Crippen LogP contribution in [0.25, 0.3) is 0 Å². The molecule has 0 aliphatic heterocycles. The van der Waals surface area contributed by atoms with E-state index in [1.54, 1.807) is 0 Å². The van der Waals surface area contributed by atoms with Gasteiger partial charge in [-0.1, -0.05) is 91.4 Å². The van der Waals surface area contributed by atoms with Crippen molar-refractivity contribution in [2.24, 2.45) is 11.3 Å². The monoisotopic (exact) mass is 367 g/mol. The molecule has 2 heteroatoms. The smallest absolute Gasteiger partial charge is 0.311 e. The maximum atomic E-state index is 12.3. The maximum Gasteiger partial charge on any atom is 0.311 e. The Kier molecular flexibility index (Phi) is 15.2. The zero-order chi connectivity index (χ0) is 19.8. The van der Waals surface area contributed by atoms with Crippen LogP contribution in [-0.4, -0.2) is 5.97 Å². The van der Waals surface area contributed by atoms with Gasteiger partial charge in [0, 0.05) is 0 Å². The summed E-state index contributed by atoms with van der Waals surface area (Å²) in [7, 11) is 0. The molecule has 0 aliphatic carbocycles. The molecule has 26 heavy (non-hydrogen) atoms. The molecule has 0 bridgehead atoms. The van der Waals surface area contributed by atoms with E-state index in [2.05, 4.69) is 20.8 Å². The predicted molar refractivity (Wildman–Crippen MR) is 114 cm³/mol. The first-order valence-corrected chi connectivity index (χ1v) is 11.4. The van der Waals surface area contributed by atoms with E-state index in [1.807, 2.05) is 20.8 Å². The highest BCUT2D eigenvalue weighted by Crippen LogP contribution is 2.30. The third-order valence-corrected chi connectivity index (χ3v) is 5.15. The lowest BCUT2D eigenvalue weighted by molar-refractivity contribution is -0.153. The Morgan fingerprint density at radius 2 is 1.23 bits per heavy atom. The largest absolute Gasteiger partial charge is 0.454 e. The number of unbranched alkanes of at least 4 members (excludes halogenated alkanes) is 10. The van der Waals surface area contributed by atoms with E-state index in [0.29, 0.717) is 5.92 Å². The Bertz CT molecular complexity index is 330. The molecule has 0 amide bonds. The van der Waals surface area contributed by atoms with Crippen LogP contribution in [0.15, 0.2) is 0 Å². The van der Waals surface area contributed by atoms with Crippen molar-refractivity contribution < 1.29 is 9.53 Å². The van der Waals surface area contributed by atoms with Gasteiger partial charge in [-0.25, -0.2) is 0 Å². The highest BCUT2D eigenvalue weighted by molar-refractivity contribution is 5.76. The van der Waals surface area contributed by atoms with Crippen LogP contribution < -0.4 is 0 Å². The van der Waals surface area contributed by atoms with Crippen molar-refractivity contribution in [3.05, 3.63) is 6.10 Å². The first-order valence-electron chi connectivity index (χ1n) is 11.4. The molecule has 0 heterocycles. The van der Waals surface area contributed by atoms with E-state index in [-0.39, 0.29) is 5.97 Å². The van der Waals surface area contributed by atoms with E-state index >= 15 is 0 Å². The quantitative estimate of drug-likeness (QED) is 0.203. The van der Waals surface area contributed by atoms with Gasteiger partial charge < -0.3 is 4.74 Å². The van der Waals surface area contributed by atoms with Crippen molar-refractivity contribution >= 4 is 5.97 Å². The summed E-state index contributed by atoms with van der Waals surface area (Å²) in [5.41, 5.74) is -0.423. The SMILES string of the molecule is CCCCCCCCCCCC[C](OC(=O)C(C)(C)C)C(C)CCCC. The summed E-state index contributed by atoms with van der Waals surface area (Å²) in [6.07, 6.45) is 18.9. The van der Waals surface area contributed by atoms with Crippen molar-refractivity contribution in [2.45, 2.75) is 131 Å². The Balaban J connectivity index is 4.05. The van der Waals surface area contributed by atoms with Crippen LogP contribution in [0.1, 0.15) is 131 Å². The standard InChI is InChI=1S/C24H47O2/c1-7-9-11-12-13-14-15-16-17-18-20-22(21(3)19-10-8-2)26-23(25)24(4,5)6/h21H,7-20H2,1-6H3. The molecule has 0 saturated carbocycles. The molecule has 2 nitrogen and oxygen atoms in total. The summed E-state index contributed by atoms with van der Waals surface area (Å²) in [4.78, 5) is 12.3. The number of carbonyl (C=O) groups is 1. The van der Waals surface area contributed by atoms with E-state index in [0.717, 1.165) is 25.4 Å². The number of rotatable bonds is 16. The molecule has 0 aliphatic rings. The molecule has 155 valence electrons. The first kappa shape index (κ1) is 25.5. The third-order valence-electron chi connectivity index (χ3n) is 5.15. The molecule has 0 spiro atoms. The Labute approximate surface area is 164 Å². The topological polar surface area (TPSA) is 26.3 Å². The summed E-state index contributed by atoms with van der Waals surface area (Å²) in [6, 6.07) is 0. The second-order valence-electron chi connectivity index (χ2n) is 9.08. The summed E-state index contributed by atoms with van der Waals surface area (Å²) in [5, 5.41) is 0. The van der Waals surface area contributed by atoms with Crippen molar-refractivity contribution in [3.63, 3.8) is 0 Å². The summed E-state index contributed by atoms with van der Waals surface area (Å²) in [6.45, 7) is 12.5. The highest BCUT2D eigenvalue weighted by atomic mass is 16.5.